The molecule has 0 atom stereocenters. The highest BCUT2D eigenvalue weighted by Gasteiger charge is 2.15. The minimum absolute atomic E-state index is 0.102. The number of carboxylic acids is 1. The third kappa shape index (κ3) is 3.39. The lowest BCUT2D eigenvalue weighted by Gasteiger charge is -2.08. The Bertz CT molecular complexity index is 676. The topological polar surface area (TPSA) is 84.2 Å². The number of fused-ring (bicyclic) bond motifs is 1. The van der Waals surface area contributed by atoms with E-state index in [9.17, 15) is 14.7 Å². The number of amides is 1. The number of hydrogen-bond donors (Lipinski definition) is 2. The number of nitrogens with zero attached hydrogens (tertiary/aromatic N) is 2. The number of imidazole rings is 1. The number of aromatic carboxylic acids is 1. The number of nitrogens with one attached hydrogen (secondary N) is 1. The lowest BCUT2D eigenvalue weighted by molar-refractivity contribution is -0.116. The number of carbonyl (C=O) groups is 2. The number of carboxylic acid groups (broad SMARTS) is 1. The van der Waals surface area contributed by atoms with Gasteiger partial charge >= 0.3 is 5.97 Å². The van der Waals surface area contributed by atoms with Crippen LogP contribution in [0.1, 0.15) is 43.0 Å². The van der Waals surface area contributed by atoms with E-state index in [0.717, 1.165) is 19.3 Å². The fourth-order valence-electron chi connectivity index (χ4n) is 2.29. The van der Waals surface area contributed by atoms with Gasteiger partial charge in [-0.25, -0.2) is 9.78 Å². The van der Waals surface area contributed by atoms with E-state index < -0.39 is 5.97 Å². The molecule has 1 aromatic heterocycles. The molecule has 0 saturated carbocycles. The smallest absolute Gasteiger partial charge is 0.337 e. The lowest BCUT2D eigenvalue weighted by atomic mass is 10.1. The minimum Gasteiger partial charge on any atom is -0.478 e. The Labute approximate surface area is 122 Å². The van der Waals surface area contributed by atoms with Crippen LogP contribution in [0.15, 0.2) is 18.5 Å². The molecule has 0 bridgehead atoms. The summed E-state index contributed by atoms with van der Waals surface area (Å²) in [5.74, 6) is -1.14. The van der Waals surface area contributed by atoms with Crippen molar-refractivity contribution < 1.29 is 14.7 Å². The van der Waals surface area contributed by atoms with Crippen LogP contribution in [0.4, 0.5) is 5.69 Å². The monoisotopic (exact) mass is 289 g/mol. The van der Waals surface area contributed by atoms with Gasteiger partial charge in [0.25, 0.3) is 0 Å². The zero-order valence-corrected chi connectivity index (χ0v) is 12.2. The summed E-state index contributed by atoms with van der Waals surface area (Å²) in [4.78, 5) is 27.3. The van der Waals surface area contributed by atoms with Crippen LogP contribution in [-0.4, -0.2) is 26.5 Å². The molecule has 0 radical (unpaired) electrons. The predicted molar refractivity (Wildman–Crippen MR) is 80.4 cm³/mol. The van der Waals surface area contributed by atoms with Crippen LogP contribution in [0.3, 0.4) is 0 Å². The van der Waals surface area contributed by atoms with Crippen LogP contribution in [0.25, 0.3) is 11.0 Å². The molecular weight excluding hydrogens is 270 g/mol. The Morgan fingerprint density at radius 1 is 1.33 bits per heavy atom. The van der Waals surface area contributed by atoms with E-state index in [0.29, 0.717) is 23.1 Å². The second-order valence-electron chi connectivity index (χ2n) is 5.06. The van der Waals surface area contributed by atoms with Crippen molar-refractivity contribution >= 4 is 28.6 Å². The van der Waals surface area contributed by atoms with Crippen molar-refractivity contribution in [3.05, 3.63) is 24.0 Å². The molecule has 1 aromatic carbocycles. The second-order valence-corrected chi connectivity index (χ2v) is 5.06. The van der Waals surface area contributed by atoms with Gasteiger partial charge in [-0.1, -0.05) is 19.8 Å². The van der Waals surface area contributed by atoms with Gasteiger partial charge in [0, 0.05) is 19.2 Å². The van der Waals surface area contributed by atoms with Crippen LogP contribution in [0.2, 0.25) is 0 Å². The standard InChI is InChI=1S/C15H19N3O3/c1-3-4-5-6-13(19)17-10-7-11(15(20)21)14-12(8-10)16-9-18(14)2/h7-9H,3-6H2,1-2H3,(H,17,19)(H,20,21). The molecule has 21 heavy (non-hydrogen) atoms. The van der Waals surface area contributed by atoms with Crippen LogP contribution in [0.5, 0.6) is 0 Å². The Morgan fingerprint density at radius 2 is 2.10 bits per heavy atom. The van der Waals surface area contributed by atoms with E-state index in [-0.39, 0.29) is 11.5 Å². The highest BCUT2D eigenvalue weighted by Crippen LogP contribution is 2.23. The summed E-state index contributed by atoms with van der Waals surface area (Å²) in [7, 11) is 1.74. The number of aromatic nitrogens is 2. The number of anilines is 1. The van der Waals surface area contributed by atoms with E-state index in [1.165, 1.54) is 6.07 Å². The van der Waals surface area contributed by atoms with Crippen molar-refractivity contribution in [2.75, 3.05) is 5.32 Å². The van der Waals surface area contributed by atoms with Gasteiger partial charge in [-0.2, -0.15) is 0 Å². The van der Waals surface area contributed by atoms with Crippen molar-refractivity contribution in [3.63, 3.8) is 0 Å². The number of carbonyl (C=O) groups excluding carboxylic acids is 1. The lowest BCUT2D eigenvalue weighted by Crippen LogP contribution is -2.12. The van der Waals surface area contributed by atoms with Gasteiger partial charge in [-0.3, -0.25) is 4.79 Å². The molecule has 0 fully saturated rings. The fourth-order valence-corrected chi connectivity index (χ4v) is 2.29. The van der Waals surface area contributed by atoms with E-state index in [4.69, 9.17) is 0 Å². The average molecular weight is 289 g/mol. The highest BCUT2D eigenvalue weighted by molar-refractivity contribution is 6.04. The highest BCUT2D eigenvalue weighted by atomic mass is 16.4. The Hall–Kier alpha value is -2.37. The molecule has 2 aromatic rings. The zero-order valence-electron chi connectivity index (χ0n) is 12.2. The van der Waals surface area contributed by atoms with Crippen LogP contribution < -0.4 is 5.32 Å². The Balaban J connectivity index is 2.25. The quantitative estimate of drug-likeness (QED) is 0.801. The molecule has 0 aliphatic rings. The van der Waals surface area contributed by atoms with Crippen LogP contribution >= 0.6 is 0 Å². The maximum absolute atomic E-state index is 11.8. The first kappa shape index (κ1) is 15.0. The summed E-state index contributed by atoms with van der Waals surface area (Å²) in [6.45, 7) is 2.08. The van der Waals surface area contributed by atoms with Crippen molar-refractivity contribution in [3.8, 4) is 0 Å². The third-order valence-electron chi connectivity index (χ3n) is 3.33. The molecule has 1 heterocycles. The molecule has 0 aliphatic carbocycles. The molecule has 6 heteroatoms. The summed E-state index contributed by atoms with van der Waals surface area (Å²) in [5, 5.41) is 12.0. The SMILES string of the molecule is CCCCCC(=O)Nc1cc(C(=O)O)c2c(c1)ncn2C. The third-order valence-corrected chi connectivity index (χ3v) is 3.33. The number of hydrogen-bond acceptors (Lipinski definition) is 3. The molecule has 6 nitrogen and oxygen atoms in total. The van der Waals surface area contributed by atoms with Gasteiger partial charge < -0.3 is 15.0 Å². The molecule has 2 rings (SSSR count). The normalized spacial score (nSPS) is 10.8. The van der Waals surface area contributed by atoms with Gasteiger partial charge in [-0.15, -0.1) is 0 Å². The molecule has 0 aliphatic heterocycles. The summed E-state index contributed by atoms with van der Waals surface area (Å²) < 4.78 is 1.66. The molecular formula is C15H19N3O3. The van der Waals surface area contributed by atoms with Crippen molar-refractivity contribution in [1.82, 2.24) is 9.55 Å². The summed E-state index contributed by atoms with van der Waals surface area (Å²) in [6, 6.07) is 3.17. The maximum Gasteiger partial charge on any atom is 0.337 e. The number of benzene rings is 1. The first-order valence-electron chi connectivity index (χ1n) is 7.01. The first-order valence-corrected chi connectivity index (χ1v) is 7.01. The summed E-state index contributed by atoms with van der Waals surface area (Å²) in [5.41, 5.74) is 1.71. The van der Waals surface area contributed by atoms with Gasteiger partial charge in [-0.05, 0) is 18.6 Å². The minimum atomic E-state index is -1.04. The van der Waals surface area contributed by atoms with E-state index >= 15 is 0 Å². The van der Waals surface area contributed by atoms with Crippen molar-refractivity contribution in [2.45, 2.75) is 32.6 Å². The first-order chi connectivity index (χ1) is 10.0. The molecule has 0 spiro atoms. The van der Waals surface area contributed by atoms with E-state index in [2.05, 4.69) is 17.2 Å². The average Bonchev–Trinajstić information content (AvgIpc) is 2.80. The van der Waals surface area contributed by atoms with Crippen molar-refractivity contribution in [2.24, 2.45) is 7.05 Å². The van der Waals surface area contributed by atoms with Gasteiger partial charge in [0.15, 0.2) is 0 Å². The summed E-state index contributed by atoms with van der Waals surface area (Å²) >= 11 is 0. The molecule has 112 valence electrons. The maximum atomic E-state index is 11.8. The van der Waals surface area contributed by atoms with Crippen LogP contribution in [0, 0.1) is 0 Å². The van der Waals surface area contributed by atoms with E-state index in [1.807, 2.05) is 0 Å². The molecule has 1 amide bonds. The number of rotatable bonds is 6. The molecule has 2 N–H and O–H groups in total. The number of aryl methyl sites for hydroxylation is 1. The van der Waals surface area contributed by atoms with E-state index in [1.54, 1.807) is 24.0 Å². The Kier molecular flexibility index (Phi) is 4.57. The second kappa shape index (κ2) is 6.39. The predicted octanol–water partition coefficient (Wildman–Crippen LogP) is 2.79. The van der Waals surface area contributed by atoms with Gasteiger partial charge in [0.1, 0.15) is 0 Å². The van der Waals surface area contributed by atoms with Crippen LogP contribution in [-0.2, 0) is 11.8 Å². The van der Waals surface area contributed by atoms with Gasteiger partial charge in [0.2, 0.25) is 5.91 Å². The molecule has 0 unspecified atom stereocenters. The fraction of sp³-hybridized carbons (Fsp3) is 0.400. The van der Waals surface area contributed by atoms with Gasteiger partial charge in [0.05, 0.1) is 22.9 Å². The Morgan fingerprint density at radius 3 is 2.76 bits per heavy atom. The summed E-state index contributed by atoms with van der Waals surface area (Å²) in [6.07, 6.45) is 4.89. The van der Waals surface area contributed by atoms with Crippen molar-refractivity contribution in [1.29, 1.82) is 0 Å². The zero-order chi connectivity index (χ0) is 15.4. The molecule has 0 saturated heterocycles. The number of unbranched alkanes of at least 4 members (excludes halogenated alkanes) is 2. The largest absolute Gasteiger partial charge is 0.478 e.